The lowest BCUT2D eigenvalue weighted by Gasteiger charge is -2.28. The minimum absolute atomic E-state index is 0.00255. The van der Waals surface area contributed by atoms with Gasteiger partial charge in [0.2, 0.25) is 5.91 Å². The lowest BCUT2D eigenvalue weighted by Crippen LogP contribution is -2.39. The molecule has 0 aromatic heterocycles. The summed E-state index contributed by atoms with van der Waals surface area (Å²) in [5, 5.41) is 3.43. The summed E-state index contributed by atoms with van der Waals surface area (Å²) in [5.74, 6) is 0.568. The molecule has 0 aliphatic heterocycles. The molecule has 1 aliphatic rings. The number of benzene rings is 1. The van der Waals surface area contributed by atoms with Crippen molar-refractivity contribution >= 4 is 23.2 Å². The molecule has 1 aromatic carbocycles. The SMILES string of the molecule is CN(CCC(=O)Nc1ccccc1Cl)C1CCCC1CN. The summed E-state index contributed by atoms with van der Waals surface area (Å²) in [6.45, 7) is 1.48. The molecule has 21 heavy (non-hydrogen) atoms. The third-order valence-electron chi connectivity index (χ3n) is 4.33. The lowest BCUT2D eigenvalue weighted by molar-refractivity contribution is -0.116. The molecule has 1 fully saturated rings. The van der Waals surface area contributed by atoms with Crippen LogP contribution in [0.5, 0.6) is 0 Å². The number of halogens is 1. The molecule has 1 amide bonds. The van der Waals surface area contributed by atoms with Gasteiger partial charge in [0.25, 0.3) is 0 Å². The predicted molar refractivity (Wildman–Crippen MR) is 87.5 cm³/mol. The van der Waals surface area contributed by atoms with Crippen LogP contribution in [0.2, 0.25) is 5.02 Å². The monoisotopic (exact) mass is 309 g/mol. The fourth-order valence-electron chi connectivity index (χ4n) is 3.09. The lowest BCUT2D eigenvalue weighted by atomic mass is 10.0. The van der Waals surface area contributed by atoms with E-state index in [1.807, 2.05) is 18.2 Å². The molecule has 0 spiro atoms. The number of nitrogens with two attached hydrogens (primary N) is 1. The van der Waals surface area contributed by atoms with Crippen LogP contribution >= 0.6 is 11.6 Å². The van der Waals surface area contributed by atoms with Gasteiger partial charge in [0.15, 0.2) is 0 Å². The van der Waals surface area contributed by atoms with Gasteiger partial charge in [-0.3, -0.25) is 4.79 Å². The minimum atomic E-state index is -0.00255. The first-order chi connectivity index (χ1) is 10.1. The number of anilines is 1. The number of amides is 1. The highest BCUT2D eigenvalue weighted by molar-refractivity contribution is 6.33. The molecule has 116 valence electrons. The Balaban J connectivity index is 1.80. The zero-order valence-corrected chi connectivity index (χ0v) is 13.3. The summed E-state index contributed by atoms with van der Waals surface area (Å²) < 4.78 is 0. The van der Waals surface area contributed by atoms with E-state index >= 15 is 0 Å². The number of rotatable bonds is 6. The molecule has 2 rings (SSSR count). The number of para-hydroxylation sites is 1. The molecule has 3 N–H and O–H groups in total. The predicted octanol–water partition coefficient (Wildman–Crippen LogP) is 2.73. The molecule has 2 unspecified atom stereocenters. The van der Waals surface area contributed by atoms with Crippen molar-refractivity contribution in [3.63, 3.8) is 0 Å². The van der Waals surface area contributed by atoms with Crippen LogP contribution in [0.4, 0.5) is 5.69 Å². The first-order valence-electron chi connectivity index (χ1n) is 7.56. The third kappa shape index (κ3) is 4.43. The van der Waals surface area contributed by atoms with E-state index in [-0.39, 0.29) is 5.91 Å². The van der Waals surface area contributed by atoms with Crippen molar-refractivity contribution in [1.82, 2.24) is 4.90 Å². The standard InChI is InChI=1S/C16H24ClN3O/c1-20(15-8-4-5-12(15)11-18)10-9-16(21)19-14-7-3-2-6-13(14)17/h2-3,6-7,12,15H,4-5,8-11,18H2,1H3,(H,19,21). The molecule has 4 nitrogen and oxygen atoms in total. The fraction of sp³-hybridized carbons (Fsp3) is 0.562. The fourth-order valence-corrected chi connectivity index (χ4v) is 3.27. The highest BCUT2D eigenvalue weighted by Gasteiger charge is 2.29. The van der Waals surface area contributed by atoms with E-state index in [1.165, 1.54) is 19.3 Å². The number of hydrogen-bond acceptors (Lipinski definition) is 3. The highest BCUT2D eigenvalue weighted by atomic mass is 35.5. The molecule has 0 heterocycles. The van der Waals surface area contributed by atoms with Crippen LogP contribution in [0.25, 0.3) is 0 Å². The van der Waals surface area contributed by atoms with Crippen LogP contribution in [0, 0.1) is 5.92 Å². The Kier molecular flexibility index (Phi) is 6.03. The number of carbonyl (C=O) groups is 1. The first-order valence-corrected chi connectivity index (χ1v) is 7.94. The number of carbonyl (C=O) groups excluding carboxylic acids is 1. The van der Waals surface area contributed by atoms with Crippen molar-refractivity contribution in [2.45, 2.75) is 31.7 Å². The van der Waals surface area contributed by atoms with Gasteiger partial charge in [0, 0.05) is 19.0 Å². The van der Waals surface area contributed by atoms with Gasteiger partial charge in [-0.05, 0) is 44.5 Å². The zero-order chi connectivity index (χ0) is 15.2. The molecule has 1 aromatic rings. The molecular weight excluding hydrogens is 286 g/mol. The highest BCUT2D eigenvalue weighted by Crippen LogP contribution is 2.28. The van der Waals surface area contributed by atoms with Crippen molar-refractivity contribution in [3.8, 4) is 0 Å². The molecule has 0 saturated heterocycles. The molecule has 2 atom stereocenters. The van der Waals surface area contributed by atoms with Crippen LogP contribution in [0.15, 0.2) is 24.3 Å². The Morgan fingerprint density at radius 2 is 2.19 bits per heavy atom. The van der Waals surface area contributed by atoms with E-state index in [0.717, 1.165) is 13.1 Å². The van der Waals surface area contributed by atoms with E-state index in [4.69, 9.17) is 17.3 Å². The van der Waals surface area contributed by atoms with Gasteiger partial charge in [-0.25, -0.2) is 0 Å². The van der Waals surface area contributed by atoms with Gasteiger partial charge in [0.1, 0.15) is 0 Å². The third-order valence-corrected chi connectivity index (χ3v) is 4.66. The maximum Gasteiger partial charge on any atom is 0.225 e. The number of nitrogens with zero attached hydrogens (tertiary/aromatic N) is 1. The summed E-state index contributed by atoms with van der Waals surface area (Å²) >= 11 is 6.03. The van der Waals surface area contributed by atoms with Crippen LogP contribution in [0.3, 0.4) is 0 Å². The van der Waals surface area contributed by atoms with Crippen LogP contribution < -0.4 is 11.1 Å². The second-order valence-electron chi connectivity index (χ2n) is 5.75. The number of hydrogen-bond donors (Lipinski definition) is 2. The Bertz CT molecular complexity index is 480. The Labute approximate surface area is 131 Å². The quantitative estimate of drug-likeness (QED) is 0.849. The van der Waals surface area contributed by atoms with Crippen LogP contribution in [-0.4, -0.2) is 37.0 Å². The van der Waals surface area contributed by atoms with Gasteiger partial charge in [0.05, 0.1) is 10.7 Å². The summed E-state index contributed by atoms with van der Waals surface area (Å²) in [6.07, 6.45) is 4.10. The number of nitrogens with one attached hydrogen (secondary N) is 1. The molecule has 5 heteroatoms. The first kappa shape index (κ1) is 16.3. The summed E-state index contributed by atoms with van der Waals surface area (Å²) in [7, 11) is 2.08. The normalized spacial score (nSPS) is 21.7. The van der Waals surface area contributed by atoms with E-state index in [0.29, 0.717) is 29.1 Å². The molecule has 0 bridgehead atoms. The maximum absolute atomic E-state index is 12.0. The Hall–Kier alpha value is -1.10. The van der Waals surface area contributed by atoms with Crippen LogP contribution in [-0.2, 0) is 4.79 Å². The second-order valence-corrected chi connectivity index (χ2v) is 6.16. The largest absolute Gasteiger partial charge is 0.330 e. The smallest absolute Gasteiger partial charge is 0.225 e. The average molecular weight is 310 g/mol. The van der Waals surface area contributed by atoms with Gasteiger partial charge >= 0.3 is 0 Å². The van der Waals surface area contributed by atoms with E-state index < -0.39 is 0 Å². The second kappa shape index (κ2) is 7.78. The topological polar surface area (TPSA) is 58.4 Å². The Morgan fingerprint density at radius 3 is 2.90 bits per heavy atom. The zero-order valence-electron chi connectivity index (χ0n) is 12.5. The summed E-state index contributed by atoms with van der Waals surface area (Å²) in [6, 6.07) is 7.80. The van der Waals surface area contributed by atoms with Crippen molar-refractivity contribution in [3.05, 3.63) is 29.3 Å². The molecule has 0 radical (unpaired) electrons. The van der Waals surface area contributed by atoms with Crippen molar-refractivity contribution in [1.29, 1.82) is 0 Å². The minimum Gasteiger partial charge on any atom is -0.330 e. The summed E-state index contributed by atoms with van der Waals surface area (Å²) in [4.78, 5) is 14.3. The summed E-state index contributed by atoms with van der Waals surface area (Å²) in [5.41, 5.74) is 6.49. The maximum atomic E-state index is 12.0. The van der Waals surface area contributed by atoms with Gasteiger partial charge in [-0.2, -0.15) is 0 Å². The van der Waals surface area contributed by atoms with Crippen molar-refractivity contribution in [2.75, 3.05) is 25.5 Å². The average Bonchev–Trinajstić information content (AvgIpc) is 2.96. The Morgan fingerprint density at radius 1 is 1.43 bits per heavy atom. The van der Waals surface area contributed by atoms with Crippen molar-refractivity contribution < 1.29 is 4.79 Å². The van der Waals surface area contributed by atoms with Crippen molar-refractivity contribution in [2.24, 2.45) is 11.7 Å². The van der Waals surface area contributed by atoms with Gasteiger partial charge < -0.3 is 16.0 Å². The van der Waals surface area contributed by atoms with E-state index in [9.17, 15) is 4.79 Å². The van der Waals surface area contributed by atoms with Gasteiger partial charge in [-0.1, -0.05) is 30.2 Å². The van der Waals surface area contributed by atoms with Gasteiger partial charge in [-0.15, -0.1) is 0 Å². The molecule has 1 saturated carbocycles. The van der Waals surface area contributed by atoms with Crippen LogP contribution in [0.1, 0.15) is 25.7 Å². The van der Waals surface area contributed by atoms with E-state index in [1.54, 1.807) is 6.07 Å². The van der Waals surface area contributed by atoms with E-state index in [2.05, 4.69) is 17.3 Å². The molecule has 1 aliphatic carbocycles. The molecular formula is C16H24ClN3O.